The standard InChI is InChI=1S/C15H17ClFN3O/c1-18-13-5-3-2-4-11(13)15-19-14(20-21-15)10-7-6-9(17)8-12(10)16/h6-8,11,13,18H,2-5H2,1H3. The predicted molar refractivity (Wildman–Crippen MR) is 78.8 cm³/mol. The normalized spacial score (nSPS) is 22.4. The monoisotopic (exact) mass is 309 g/mol. The lowest BCUT2D eigenvalue weighted by Crippen LogP contribution is -2.34. The molecule has 2 aromatic rings. The molecule has 1 saturated carbocycles. The summed E-state index contributed by atoms with van der Waals surface area (Å²) in [5.74, 6) is 0.888. The third-order valence-electron chi connectivity index (χ3n) is 4.07. The largest absolute Gasteiger partial charge is 0.339 e. The zero-order valence-corrected chi connectivity index (χ0v) is 12.5. The number of nitrogens with zero attached hydrogens (tertiary/aromatic N) is 2. The Labute approximate surface area is 127 Å². The molecule has 1 aliphatic carbocycles. The van der Waals surface area contributed by atoms with Crippen LogP contribution in [-0.2, 0) is 0 Å². The third-order valence-corrected chi connectivity index (χ3v) is 4.38. The molecule has 2 atom stereocenters. The van der Waals surface area contributed by atoms with Gasteiger partial charge in [-0.2, -0.15) is 4.98 Å². The molecule has 1 heterocycles. The van der Waals surface area contributed by atoms with Crippen molar-refractivity contribution in [3.05, 3.63) is 34.9 Å². The van der Waals surface area contributed by atoms with Crippen molar-refractivity contribution < 1.29 is 8.91 Å². The van der Waals surface area contributed by atoms with E-state index in [1.54, 1.807) is 6.07 Å². The lowest BCUT2D eigenvalue weighted by atomic mass is 9.84. The average Bonchev–Trinajstić information content (AvgIpc) is 2.96. The number of aromatic nitrogens is 2. The Morgan fingerprint density at radius 3 is 2.90 bits per heavy atom. The van der Waals surface area contributed by atoms with Crippen molar-refractivity contribution >= 4 is 11.6 Å². The fraction of sp³-hybridized carbons (Fsp3) is 0.467. The van der Waals surface area contributed by atoms with E-state index >= 15 is 0 Å². The number of nitrogens with one attached hydrogen (secondary N) is 1. The predicted octanol–water partition coefficient (Wildman–Crippen LogP) is 3.77. The highest BCUT2D eigenvalue weighted by atomic mass is 35.5. The van der Waals surface area contributed by atoms with E-state index < -0.39 is 0 Å². The van der Waals surface area contributed by atoms with Gasteiger partial charge >= 0.3 is 0 Å². The van der Waals surface area contributed by atoms with Gasteiger partial charge in [-0.05, 0) is 38.1 Å². The van der Waals surface area contributed by atoms with Gasteiger partial charge in [-0.25, -0.2) is 4.39 Å². The molecule has 0 aliphatic heterocycles. The molecule has 1 aromatic heterocycles. The van der Waals surface area contributed by atoms with Crippen LogP contribution in [0.1, 0.15) is 37.5 Å². The van der Waals surface area contributed by atoms with Crippen molar-refractivity contribution in [3.63, 3.8) is 0 Å². The quantitative estimate of drug-likeness (QED) is 0.937. The van der Waals surface area contributed by atoms with Crippen molar-refractivity contribution in [2.24, 2.45) is 0 Å². The van der Waals surface area contributed by atoms with Gasteiger partial charge in [-0.1, -0.05) is 29.6 Å². The smallest absolute Gasteiger partial charge is 0.231 e. The van der Waals surface area contributed by atoms with Crippen LogP contribution in [0.25, 0.3) is 11.4 Å². The van der Waals surface area contributed by atoms with Gasteiger partial charge < -0.3 is 9.84 Å². The summed E-state index contributed by atoms with van der Waals surface area (Å²) in [6.45, 7) is 0. The zero-order valence-electron chi connectivity index (χ0n) is 11.8. The maximum atomic E-state index is 13.1. The van der Waals surface area contributed by atoms with Crippen LogP contribution in [0.15, 0.2) is 22.7 Å². The maximum absolute atomic E-state index is 13.1. The minimum atomic E-state index is -0.380. The van der Waals surface area contributed by atoms with Crippen molar-refractivity contribution in [2.75, 3.05) is 7.05 Å². The molecule has 1 aliphatic rings. The number of rotatable bonds is 3. The van der Waals surface area contributed by atoms with Crippen molar-refractivity contribution in [1.29, 1.82) is 0 Å². The molecule has 1 fully saturated rings. The number of hydrogen-bond acceptors (Lipinski definition) is 4. The molecular weight excluding hydrogens is 293 g/mol. The zero-order chi connectivity index (χ0) is 14.8. The van der Waals surface area contributed by atoms with E-state index in [0.29, 0.717) is 23.3 Å². The van der Waals surface area contributed by atoms with Gasteiger partial charge in [0.1, 0.15) is 5.82 Å². The number of hydrogen-bond donors (Lipinski definition) is 1. The highest BCUT2D eigenvalue weighted by Gasteiger charge is 2.30. The fourth-order valence-electron chi connectivity index (χ4n) is 2.94. The van der Waals surface area contributed by atoms with Crippen molar-refractivity contribution in [2.45, 2.75) is 37.6 Å². The summed E-state index contributed by atoms with van der Waals surface area (Å²) in [4.78, 5) is 4.47. The van der Waals surface area contributed by atoms with Crippen molar-refractivity contribution in [3.8, 4) is 11.4 Å². The van der Waals surface area contributed by atoms with Gasteiger partial charge in [0.15, 0.2) is 0 Å². The molecule has 2 unspecified atom stereocenters. The Morgan fingerprint density at radius 2 is 2.14 bits per heavy atom. The number of likely N-dealkylation sites (N-methyl/N-ethyl adjacent to an activating group) is 1. The van der Waals surface area contributed by atoms with Crippen LogP contribution in [0.4, 0.5) is 4.39 Å². The minimum Gasteiger partial charge on any atom is -0.339 e. The highest BCUT2D eigenvalue weighted by Crippen LogP contribution is 2.34. The van der Waals surface area contributed by atoms with E-state index in [0.717, 1.165) is 19.3 Å². The summed E-state index contributed by atoms with van der Waals surface area (Å²) in [5, 5.41) is 7.61. The van der Waals surface area contributed by atoms with E-state index in [1.807, 2.05) is 7.05 Å². The Balaban J connectivity index is 1.89. The summed E-state index contributed by atoms with van der Waals surface area (Å²) in [6.07, 6.45) is 4.52. The van der Waals surface area contributed by atoms with Gasteiger partial charge in [0.2, 0.25) is 11.7 Å². The van der Waals surface area contributed by atoms with E-state index in [4.69, 9.17) is 16.1 Å². The molecule has 21 heavy (non-hydrogen) atoms. The number of halogens is 2. The highest BCUT2D eigenvalue weighted by molar-refractivity contribution is 6.33. The van der Waals surface area contributed by atoms with Crippen molar-refractivity contribution in [1.82, 2.24) is 15.5 Å². The van der Waals surface area contributed by atoms with Gasteiger partial charge in [-0.3, -0.25) is 0 Å². The molecule has 0 amide bonds. The fourth-order valence-corrected chi connectivity index (χ4v) is 3.19. The molecule has 0 spiro atoms. The third kappa shape index (κ3) is 2.94. The van der Waals surface area contributed by atoms with Crippen LogP contribution in [0.3, 0.4) is 0 Å². The van der Waals surface area contributed by atoms with Gasteiger partial charge in [-0.15, -0.1) is 0 Å². The molecule has 4 nitrogen and oxygen atoms in total. The summed E-state index contributed by atoms with van der Waals surface area (Å²) in [7, 11) is 1.96. The van der Waals surface area contributed by atoms with Crippen LogP contribution in [-0.4, -0.2) is 23.2 Å². The van der Waals surface area contributed by atoms with E-state index in [-0.39, 0.29) is 16.8 Å². The molecule has 0 radical (unpaired) electrons. The summed E-state index contributed by atoms with van der Waals surface area (Å²) in [6, 6.07) is 4.52. The first-order chi connectivity index (χ1) is 10.2. The van der Waals surface area contributed by atoms with Crippen LogP contribution >= 0.6 is 11.6 Å². The molecule has 3 rings (SSSR count). The van der Waals surface area contributed by atoms with E-state index in [1.165, 1.54) is 18.6 Å². The Kier molecular flexibility index (Phi) is 4.22. The summed E-state index contributed by atoms with van der Waals surface area (Å²) < 4.78 is 18.5. The average molecular weight is 310 g/mol. The van der Waals surface area contributed by atoms with E-state index in [9.17, 15) is 4.39 Å². The summed E-state index contributed by atoms with van der Waals surface area (Å²) >= 11 is 6.04. The van der Waals surface area contributed by atoms with Crippen LogP contribution in [0, 0.1) is 5.82 Å². The van der Waals surface area contributed by atoms with Gasteiger partial charge in [0.05, 0.1) is 10.9 Å². The summed E-state index contributed by atoms with van der Waals surface area (Å²) in [5.41, 5.74) is 0.588. The lowest BCUT2D eigenvalue weighted by Gasteiger charge is -2.28. The maximum Gasteiger partial charge on any atom is 0.231 e. The second kappa shape index (κ2) is 6.12. The minimum absolute atomic E-state index is 0.226. The topological polar surface area (TPSA) is 51.0 Å². The molecule has 1 aromatic carbocycles. The second-order valence-corrected chi connectivity index (χ2v) is 5.77. The first-order valence-electron chi connectivity index (χ1n) is 7.15. The van der Waals surface area contributed by atoms with Crippen LogP contribution in [0.5, 0.6) is 0 Å². The van der Waals surface area contributed by atoms with Crippen LogP contribution < -0.4 is 5.32 Å². The first kappa shape index (κ1) is 14.5. The molecule has 0 saturated heterocycles. The Morgan fingerprint density at radius 1 is 1.33 bits per heavy atom. The molecular formula is C15H17ClFN3O. The molecule has 1 N–H and O–H groups in total. The van der Waals surface area contributed by atoms with Gasteiger partial charge in [0.25, 0.3) is 0 Å². The first-order valence-corrected chi connectivity index (χ1v) is 7.53. The van der Waals surface area contributed by atoms with E-state index in [2.05, 4.69) is 15.5 Å². The molecule has 0 bridgehead atoms. The SMILES string of the molecule is CNC1CCCCC1c1nc(-c2ccc(F)cc2Cl)no1. The lowest BCUT2D eigenvalue weighted by molar-refractivity contribution is 0.270. The van der Waals surface area contributed by atoms with Gasteiger partial charge in [0, 0.05) is 11.6 Å². The molecule has 112 valence electrons. The second-order valence-electron chi connectivity index (χ2n) is 5.37. The Bertz CT molecular complexity index is 631. The van der Waals surface area contributed by atoms with Crippen LogP contribution in [0.2, 0.25) is 5.02 Å². The Hall–Kier alpha value is -1.46. The number of benzene rings is 1. The molecule has 6 heteroatoms.